The molecule has 1 aliphatic heterocycles. The molecule has 0 spiro atoms. The van der Waals surface area contributed by atoms with Gasteiger partial charge in [0.1, 0.15) is 0 Å². The van der Waals surface area contributed by atoms with Crippen LogP contribution in [0.3, 0.4) is 0 Å². The van der Waals surface area contributed by atoms with Gasteiger partial charge in [-0.25, -0.2) is 8.78 Å². The van der Waals surface area contributed by atoms with E-state index in [4.69, 9.17) is 26.8 Å². The molecule has 0 aliphatic carbocycles. The van der Waals surface area contributed by atoms with Crippen LogP contribution in [-0.4, -0.2) is 13.2 Å². The summed E-state index contributed by atoms with van der Waals surface area (Å²) in [5, 5.41) is 0.317. The van der Waals surface area contributed by atoms with E-state index in [9.17, 15) is 8.78 Å². The average Bonchev–Trinajstić information content (AvgIpc) is 2.61. The largest absolute Gasteiger partial charge is 0.454 e. The first kappa shape index (κ1) is 14.3. The molecule has 7 heteroatoms. The Hall–Kier alpha value is -0.780. The van der Waals surface area contributed by atoms with Gasteiger partial charge in [-0.2, -0.15) is 0 Å². The molecule has 0 fully saturated rings. The summed E-state index contributed by atoms with van der Waals surface area (Å²) in [6.45, 7) is 0.110. The molecule has 0 saturated carbocycles. The van der Waals surface area contributed by atoms with Crippen LogP contribution in [0, 0.1) is 0 Å². The van der Waals surface area contributed by atoms with Crippen molar-refractivity contribution in [3.63, 3.8) is 0 Å². The normalized spacial score (nSPS) is 14.6. The molecule has 0 unspecified atom stereocenters. The summed E-state index contributed by atoms with van der Waals surface area (Å²) in [4.78, 5) is 0. The van der Waals surface area contributed by atoms with Crippen molar-refractivity contribution in [3.05, 3.63) is 22.7 Å². The van der Waals surface area contributed by atoms with Gasteiger partial charge < -0.3 is 15.2 Å². The Kier molecular flexibility index (Phi) is 4.80. The number of hydrogen-bond donors (Lipinski definition) is 1. The van der Waals surface area contributed by atoms with E-state index in [1.165, 1.54) is 6.07 Å². The van der Waals surface area contributed by atoms with Crippen molar-refractivity contribution < 1.29 is 18.3 Å². The van der Waals surface area contributed by atoms with E-state index < -0.39 is 18.9 Å². The molecule has 96 valence electrons. The molecule has 3 nitrogen and oxygen atoms in total. The average molecular weight is 286 g/mol. The van der Waals surface area contributed by atoms with E-state index in [-0.39, 0.29) is 19.2 Å². The highest BCUT2D eigenvalue weighted by Crippen LogP contribution is 2.39. The minimum Gasteiger partial charge on any atom is -0.454 e. The lowest BCUT2D eigenvalue weighted by atomic mass is 10.0. The van der Waals surface area contributed by atoms with Crippen LogP contribution < -0.4 is 15.2 Å². The number of fused-ring (bicyclic) bond motifs is 1. The van der Waals surface area contributed by atoms with Gasteiger partial charge in [0, 0.05) is 23.6 Å². The highest BCUT2D eigenvalue weighted by Gasteiger charge is 2.21. The van der Waals surface area contributed by atoms with Gasteiger partial charge in [0.2, 0.25) is 13.2 Å². The fourth-order valence-electron chi connectivity index (χ4n) is 1.54. The van der Waals surface area contributed by atoms with E-state index >= 15 is 0 Å². The third-order valence-corrected chi connectivity index (χ3v) is 2.65. The lowest BCUT2D eigenvalue weighted by molar-refractivity contribution is 0.128. The van der Waals surface area contributed by atoms with E-state index in [0.717, 1.165) is 0 Å². The lowest BCUT2D eigenvalue weighted by Gasteiger charge is -2.13. The van der Waals surface area contributed by atoms with Gasteiger partial charge >= 0.3 is 0 Å². The van der Waals surface area contributed by atoms with E-state index in [1.807, 2.05) is 0 Å². The maximum absolute atomic E-state index is 12.2. The van der Waals surface area contributed by atoms with Crippen LogP contribution in [0.2, 0.25) is 5.02 Å². The van der Waals surface area contributed by atoms with Crippen molar-refractivity contribution in [2.45, 2.75) is 18.9 Å². The summed E-state index contributed by atoms with van der Waals surface area (Å²) < 4.78 is 34.6. The highest BCUT2D eigenvalue weighted by atomic mass is 35.5. The minimum atomic E-state index is -2.46. The van der Waals surface area contributed by atoms with Gasteiger partial charge in [-0.15, -0.1) is 12.4 Å². The summed E-state index contributed by atoms with van der Waals surface area (Å²) in [7, 11) is 0. The molecule has 1 aromatic carbocycles. The minimum absolute atomic E-state index is 0. The number of hydrogen-bond acceptors (Lipinski definition) is 3. The third-order valence-electron chi connectivity index (χ3n) is 2.32. The number of rotatable bonds is 3. The quantitative estimate of drug-likeness (QED) is 0.928. The van der Waals surface area contributed by atoms with Crippen molar-refractivity contribution in [1.82, 2.24) is 0 Å². The second kappa shape index (κ2) is 5.71. The molecule has 2 rings (SSSR count). The molecule has 0 saturated heterocycles. The van der Waals surface area contributed by atoms with Crippen LogP contribution >= 0.6 is 24.0 Å². The first-order valence-corrected chi connectivity index (χ1v) is 5.08. The first-order valence-electron chi connectivity index (χ1n) is 4.70. The maximum atomic E-state index is 12.2. The summed E-state index contributed by atoms with van der Waals surface area (Å²) in [6, 6.07) is 2.28. The maximum Gasteiger partial charge on any atom is 0.240 e. The second-order valence-electron chi connectivity index (χ2n) is 3.46. The molecule has 0 radical (unpaired) electrons. The highest BCUT2D eigenvalue weighted by molar-refractivity contribution is 6.31. The zero-order valence-electron chi connectivity index (χ0n) is 8.66. The smallest absolute Gasteiger partial charge is 0.240 e. The predicted molar refractivity (Wildman–Crippen MR) is 62.4 cm³/mol. The van der Waals surface area contributed by atoms with Gasteiger partial charge in [-0.05, 0) is 11.6 Å². The Morgan fingerprint density at radius 3 is 2.47 bits per heavy atom. The summed E-state index contributed by atoms with van der Waals surface area (Å²) in [5.74, 6) is 1.00. The summed E-state index contributed by atoms with van der Waals surface area (Å²) in [6.07, 6.45) is -2.89. The summed E-state index contributed by atoms with van der Waals surface area (Å²) >= 11 is 5.93. The Bertz CT molecular complexity index is 404. The van der Waals surface area contributed by atoms with E-state index in [0.29, 0.717) is 22.1 Å². The van der Waals surface area contributed by atoms with Crippen LogP contribution in [0.25, 0.3) is 0 Å². The zero-order valence-corrected chi connectivity index (χ0v) is 10.2. The molecule has 1 atom stereocenters. The molecule has 1 aromatic rings. The lowest BCUT2D eigenvalue weighted by Crippen LogP contribution is -2.14. The van der Waals surface area contributed by atoms with Crippen molar-refractivity contribution in [1.29, 1.82) is 0 Å². The molecule has 0 bridgehead atoms. The second-order valence-corrected chi connectivity index (χ2v) is 3.87. The van der Waals surface area contributed by atoms with Gasteiger partial charge in [0.05, 0.1) is 0 Å². The Labute approximate surface area is 108 Å². The van der Waals surface area contributed by atoms with Crippen LogP contribution in [-0.2, 0) is 0 Å². The van der Waals surface area contributed by atoms with Crippen molar-refractivity contribution >= 4 is 24.0 Å². The molecule has 1 heterocycles. The predicted octanol–water partition coefficient (Wildman–Crippen LogP) is 3.15. The molecule has 1 aliphatic rings. The molecule has 0 aromatic heterocycles. The van der Waals surface area contributed by atoms with Crippen LogP contribution in [0.1, 0.15) is 18.0 Å². The first-order chi connectivity index (χ1) is 7.58. The van der Waals surface area contributed by atoms with Gasteiger partial charge in [0.25, 0.3) is 0 Å². The SMILES string of the molecule is Cl.N[C@@H](CC(F)F)c1cc2c(cc1Cl)OCO2. The van der Waals surface area contributed by atoms with Crippen LogP contribution in [0.5, 0.6) is 11.5 Å². The molecular weight excluding hydrogens is 275 g/mol. The fraction of sp³-hybridized carbons (Fsp3) is 0.400. The number of benzene rings is 1. The van der Waals surface area contributed by atoms with E-state index in [2.05, 4.69) is 0 Å². The number of ether oxygens (including phenoxy) is 2. The van der Waals surface area contributed by atoms with Crippen molar-refractivity contribution in [2.75, 3.05) is 6.79 Å². The topological polar surface area (TPSA) is 44.5 Å². The zero-order chi connectivity index (χ0) is 11.7. The molecule has 17 heavy (non-hydrogen) atoms. The Morgan fingerprint density at radius 2 is 1.88 bits per heavy atom. The number of halogens is 4. The molecule has 2 N–H and O–H groups in total. The molecule has 0 amide bonds. The van der Waals surface area contributed by atoms with Gasteiger partial charge in [-0.3, -0.25) is 0 Å². The van der Waals surface area contributed by atoms with E-state index in [1.54, 1.807) is 6.07 Å². The third kappa shape index (κ3) is 3.12. The monoisotopic (exact) mass is 285 g/mol. The molecular formula is C10H11Cl2F2NO2. The Balaban J connectivity index is 0.00000144. The van der Waals surface area contributed by atoms with Crippen LogP contribution in [0.15, 0.2) is 12.1 Å². The van der Waals surface area contributed by atoms with Gasteiger partial charge in [-0.1, -0.05) is 11.6 Å². The number of alkyl halides is 2. The Morgan fingerprint density at radius 1 is 1.29 bits per heavy atom. The fourth-order valence-corrected chi connectivity index (χ4v) is 1.83. The van der Waals surface area contributed by atoms with Gasteiger partial charge in [0.15, 0.2) is 11.5 Å². The van der Waals surface area contributed by atoms with Crippen LogP contribution in [0.4, 0.5) is 8.78 Å². The standard InChI is InChI=1S/C10H10ClF2NO2.ClH/c11-6-2-9-8(15-4-16-9)1-5(6)7(14)3-10(12)13;/h1-2,7,10H,3-4,14H2;1H/t7-;/m0./s1. The van der Waals surface area contributed by atoms with Crippen molar-refractivity contribution in [2.24, 2.45) is 5.73 Å². The van der Waals surface area contributed by atoms with Crippen molar-refractivity contribution in [3.8, 4) is 11.5 Å². The summed E-state index contributed by atoms with van der Waals surface area (Å²) in [5.41, 5.74) is 6.08. The number of nitrogens with two attached hydrogens (primary N) is 1.